The first kappa shape index (κ1) is 15.2. The van der Waals surface area contributed by atoms with Crippen molar-refractivity contribution in [3.05, 3.63) is 52.5 Å². The number of rotatable bonds is 3. The molecule has 1 N–H and O–H groups in total. The molecule has 0 saturated heterocycles. The molecule has 3 rings (SSSR count). The van der Waals surface area contributed by atoms with Crippen molar-refractivity contribution < 1.29 is 4.79 Å². The van der Waals surface area contributed by atoms with Crippen LogP contribution in [0.1, 0.15) is 37.1 Å². The predicted octanol–water partition coefficient (Wildman–Crippen LogP) is 4.00. The normalized spacial score (nSPS) is 16.5. The number of nitrogens with one attached hydrogen (secondary N) is 1. The largest absolute Gasteiger partial charge is 0.323 e. The van der Waals surface area contributed by atoms with Gasteiger partial charge in [-0.05, 0) is 37.5 Å². The third-order valence-electron chi connectivity index (χ3n) is 4.31. The summed E-state index contributed by atoms with van der Waals surface area (Å²) in [5.74, 6) is 0.733. The number of carbonyl (C=O) groups excluding carboxylic acids is 1. The van der Waals surface area contributed by atoms with E-state index < -0.39 is 5.41 Å². The molecule has 0 atom stereocenters. The van der Waals surface area contributed by atoms with E-state index in [9.17, 15) is 4.79 Å². The fraction of sp³-hybridized carbons (Fsp3) is 0.353. The van der Waals surface area contributed by atoms with E-state index in [0.29, 0.717) is 11.5 Å². The molecule has 0 bridgehead atoms. The lowest BCUT2D eigenvalue weighted by atomic mass is 9.78. The number of nitrogens with zero attached hydrogens (tertiary/aromatic N) is 2. The highest BCUT2D eigenvalue weighted by Gasteiger charge is 2.42. The van der Waals surface area contributed by atoms with Crippen molar-refractivity contribution in [2.24, 2.45) is 0 Å². The van der Waals surface area contributed by atoms with Crippen LogP contribution in [0.4, 0.5) is 5.69 Å². The van der Waals surface area contributed by atoms with Crippen molar-refractivity contribution in [2.75, 3.05) is 5.32 Å². The van der Waals surface area contributed by atoms with Crippen molar-refractivity contribution in [1.82, 2.24) is 9.97 Å². The number of hydrogen-bond acceptors (Lipinski definition) is 3. The summed E-state index contributed by atoms with van der Waals surface area (Å²) in [7, 11) is 0. The standard InChI is InChI=1S/C17H18BrN3O/c1-12-19-10-15(11-20-12)21-16(22)17(7-2-3-8-17)13-5-4-6-14(18)9-13/h4-6,9-11H,2-3,7-8H2,1H3,(H,21,22). The Hall–Kier alpha value is -1.75. The van der Waals surface area contributed by atoms with Gasteiger partial charge in [-0.15, -0.1) is 0 Å². The van der Waals surface area contributed by atoms with Crippen LogP contribution in [0.3, 0.4) is 0 Å². The number of aromatic nitrogens is 2. The van der Waals surface area contributed by atoms with E-state index in [-0.39, 0.29) is 5.91 Å². The number of amides is 1. The van der Waals surface area contributed by atoms with Crippen molar-refractivity contribution in [3.8, 4) is 0 Å². The van der Waals surface area contributed by atoms with Crippen LogP contribution in [0.25, 0.3) is 0 Å². The maximum absolute atomic E-state index is 13.0. The minimum atomic E-state index is -0.450. The molecular formula is C17H18BrN3O. The molecular weight excluding hydrogens is 342 g/mol. The van der Waals surface area contributed by atoms with Gasteiger partial charge in [0.05, 0.1) is 23.5 Å². The Morgan fingerprint density at radius 2 is 1.91 bits per heavy atom. The van der Waals surface area contributed by atoms with Gasteiger partial charge in [-0.2, -0.15) is 0 Å². The molecule has 1 aliphatic rings. The minimum Gasteiger partial charge on any atom is -0.323 e. The Labute approximate surface area is 138 Å². The van der Waals surface area contributed by atoms with Gasteiger partial charge in [0, 0.05) is 4.47 Å². The molecule has 1 fully saturated rings. The molecule has 1 aromatic heterocycles. The van der Waals surface area contributed by atoms with Crippen LogP contribution in [0.5, 0.6) is 0 Å². The van der Waals surface area contributed by atoms with Crippen molar-refractivity contribution in [1.29, 1.82) is 0 Å². The zero-order chi connectivity index (χ0) is 15.6. The minimum absolute atomic E-state index is 0.0375. The molecule has 1 aliphatic carbocycles. The van der Waals surface area contributed by atoms with Crippen LogP contribution in [-0.4, -0.2) is 15.9 Å². The molecule has 22 heavy (non-hydrogen) atoms. The predicted molar refractivity (Wildman–Crippen MR) is 89.7 cm³/mol. The Kier molecular flexibility index (Phi) is 4.25. The Morgan fingerprint density at radius 3 is 2.55 bits per heavy atom. The molecule has 1 heterocycles. The second-order valence-corrected chi connectivity index (χ2v) is 6.69. The molecule has 0 aliphatic heterocycles. The van der Waals surface area contributed by atoms with Gasteiger partial charge in [-0.1, -0.05) is 40.9 Å². The topological polar surface area (TPSA) is 54.9 Å². The first-order valence-electron chi connectivity index (χ1n) is 7.46. The second kappa shape index (κ2) is 6.16. The fourth-order valence-corrected chi connectivity index (χ4v) is 3.52. The van der Waals surface area contributed by atoms with Gasteiger partial charge in [-0.3, -0.25) is 4.79 Å². The number of anilines is 1. The molecule has 4 nitrogen and oxygen atoms in total. The maximum atomic E-state index is 13.0. The quantitative estimate of drug-likeness (QED) is 0.900. The van der Waals surface area contributed by atoms with Gasteiger partial charge in [0.15, 0.2) is 0 Å². The Balaban J connectivity index is 1.90. The average Bonchev–Trinajstić information content (AvgIpc) is 3.00. The van der Waals surface area contributed by atoms with Gasteiger partial charge in [0.1, 0.15) is 5.82 Å². The second-order valence-electron chi connectivity index (χ2n) is 5.77. The van der Waals surface area contributed by atoms with E-state index >= 15 is 0 Å². The molecule has 1 amide bonds. The summed E-state index contributed by atoms with van der Waals surface area (Å²) in [6.45, 7) is 1.82. The highest BCUT2D eigenvalue weighted by Crippen LogP contribution is 2.42. The summed E-state index contributed by atoms with van der Waals surface area (Å²) in [6, 6.07) is 8.07. The number of benzene rings is 1. The molecule has 2 aromatic rings. The van der Waals surface area contributed by atoms with E-state index in [1.54, 1.807) is 12.4 Å². The lowest BCUT2D eigenvalue weighted by Crippen LogP contribution is -2.38. The molecule has 1 saturated carbocycles. The van der Waals surface area contributed by atoms with Gasteiger partial charge in [0.25, 0.3) is 0 Å². The first-order chi connectivity index (χ1) is 10.6. The molecule has 1 aromatic carbocycles. The van der Waals surface area contributed by atoms with E-state index in [1.165, 1.54) is 0 Å². The Morgan fingerprint density at radius 1 is 1.23 bits per heavy atom. The lowest BCUT2D eigenvalue weighted by Gasteiger charge is -2.28. The summed E-state index contributed by atoms with van der Waals surface area (Å²) < 4.78 is 1.00. The molecule has 114 valence electrons. The van der Waals surface area contributed by atoms with Crippen LogP contribution in [0, 0.1) is 6.92 Å². The van der Waals surface area contributed by atoms with E-state index in [0.717, 1.165) is 35.7 Å². The molecule has 0 spiro atoms. The van der Waals surface area contributed by atoms with Crippen molar-refractivity contribution >= 4 is 27.5 Å². The van der Waals surface area contributed by atoms with Gasteiger partial charge in [-0.25, -0.2) is 9.97 Å². The van der Waals surface area contributed by atoms with Crippen molar-refractivity contribution in [3.63, 3.8) is 0 Å². The number of carbonyl (C=O) groups is 1. The maximum Gasteiger partial charge on any atom is 0.235 e. The van der Waals surface area contributed by atoms with Gasteiger partial charge in [0.2, 0.25) is 5.91 Å². The SMILES string of the molecule is Cc1ncc(NC(=O)C2(c3cccc(Br)c3)CCCC2)cn1. The van der Waals surface area contributed by atoms with E-state index in [4.69, 9.17) is 0 Å². The third kappa shape index (κ3) is 2.90. The van der Waals surface area contributed by atoms with Gasteiger partial charge < -0.3 is 5.32 Å². The summed E-state index contributed by atoms with van der Waals surface area (Å²) in [5.41, 5.74) is 1.27. The van der Waals surface area contributed by atoms with E-state index in [1.807, 2.05) is 25.1 Å². The number of hydrogen-bond donors (Lipinski definition) is 1. The van der Waals surface area contributed by atoms with Crippen molar-refractivity contribution in [2.45, 2.75) is 38.0 Å². The number of halogens is 1. The summed E-state index contributed by atoms with van der Waals surface area (Å²) >= 11 is 3.51. The summed E-state index contributed by atoms with van der Waals surface area (Å²) in [6.07, 6.45) is 7.21. The van der Waals surface area contributed by atoms with Crippen LogP contribution in [0.15, 0.2) is 41.1 Å². The smallest absolute Gasteiger partial charge is 0.235 e. The van der Waals surface area contributed by atoms with Gasteiger partial charge >= 0.3 is 0 Å². The average molecular weight is 360 g/mol. The van der Waals surface area contributed by atoms with Crippen LogP contribution >= 0.6 is 15.9 Å². The van der Waals surface area contributed by atoms with Crippen LogP contribution in [-0.2, 0) is 10.2 Å². The first-order valence-corrected chi connectivity index (χ1v) is 8.26. The summed E-state index contributed by atoms with van der Waals surface area (Å²) in [5, 5.41) is 2.99. The molecule has 0 unspecified atom stereocenters. The third-order valence-corrected chi connectivity index (χ3v) is 4.80. The van der Waals surface area contributed by atoms with Crippen LogP contribution in [0.2, 0.25) is 0 Å². The highest BCUT2D eigenvalue weighted by atomic mass is 79.9. The molecule has 0 radical (unpaired) electrons. The molecule has 5 heteroatoms. The van der Waals surface area contributed by atoms with Crippen LogP contribution < -0.4 is 5.32 Å². The number of aryl methyl sites for hydroxylation is 1. The highest BCUT2D eigenvalue weighted by molar-refractivity contribution is 9.10. The Bertz CT molecular complexity index is 679. The zero-order valence-corrected chi connectivity index (χ0v) is 14.1. The zero-order valence-electron chi connectivity index (χ0n) is 12.5. The monoisotopic (exact) mass is 359 g/mol. The van der Waals surface area contributed by atoms with E-state index in [2.05, 4.69) is 37.3 Å². The lowest BCUT2D eigenvalue weighted by molar-refractivity contribution is -0.121. The summed E-state index contributed by atoms with van der Waals surface area (Å²) in [4.78, 5) is 21.2. The fourth-order valence-electron chi connectivity index (χ4n) is 3.12.